The summed E-state index contributed by atoms with van der Waals surface area (Å²) in [6, 6.07) is -7.11. The number of rotatable bonds is 28. The van der Waals surface area contributed by atoms with Crippen LogP contribution in [0.25, 0.3) is 21.8 Å². The predicted molar refractivity (Wildman–Crippen MR) is 489 cm³/mol. The van der Waals surface area contributed by atoms with E-state index in [4.69, 9.17) is 17.2 Å². The molecule has 22 N–H and O–H groups in total. The predicted octanol–water partition coefficient (Wildman–Crippen LogP) is -4.09. The SMILES string of the molecule is CCCC[C@H]1C(=O)N(C)[C@@H](CCCC)C(=O)N[C@@H](CC(C)C)C(=O)N[C@H](C(=O)NCC(N)=O)CNCC(=O)N[C@@H](Cc2ccc(F)cc2)C(=O)N(C)[C@@H](C)C(=O)N[C@@H](CC(=O)O)C(=O)N2CCC[C@H]2C(=O)N[C@@H](CCC(N)=O)C(=O)N[C@@H](CC(=O)O)C(=O)N2C[C@H](O)C[C@H]2C(=O)N[C@@H](Cc2c[nH]c3ccccc23)C(=O)N[C@@H](CC(N)=O)C(=O)N[C@@H](Cc2cn(CC(=O)O)c3ccccc23)C(=O)N1C. The van der Waals surface area contributed by atoms with Gasteiger partial charge in [-0.05, 0) is 92.3 Å². The van der Waals surface area contributed by atoms with Crippen LogP contribution < -0.4 is 75.7 Å². The molecule has 5 heterocycles. The summed E-state index contributed by atoms with van der Waals surface area (Å²) in [6.45, 7) is 4.34. The Morgan fingerprint density at radius 2 is 1.05 bits per heavy atom. The number of likely N-dealkylation sites (N-methyl/N-ethyl adjacent to an activating group) is 3. The zero-order valence-corrected chi connectivity index (χ0v) is 77.9. The summed E-state index contributed by atoms with van der Waals surface area (Å²) >= 11 is 0. The molecule has 0 unspecified atom stereocenters. The number of halogens is 1. The summed E-state index contributed by atoms with van der Waals surface area (Å²) < 4.78 is 15.7. The maximum Gasteiger partial charge on any atom is 0.323 e. The van der Waals surface area contributed by atoms with E-state index in [1.54, 1.807) is 76.2 Å². The third kappa shape index (κ3) is 30.5. The number of nitrogens with one attached hydrogen (secondary N) is 12. The molecule has 0 radical (unpaired) electrons. The van der Waals surface area contributed by atoms with E-state index in [0.29, 0.717) is 45.1 Å². The van der Waals surface area contributed by atoms with Gasteiger partial charge in [0.05, 0.1) is 38.5 Å². The number of aliphatic hydroxyl groups is 1. The average molecular weight is 1930 g/mol. The Kier molecular flexibility index (Phi) is 40.1. The number of aromatic amines is 1. The Hall–Kier alpha value is -14.5. The van der Waals surface area contributed by atoms with Gasteiger partial charge >= 0.3 is 17.9 Å². The number of aliphatic carboxylic acids is 3. The van der Waals surface area contributed by atoms with Crippen LogP contribution in [0.3, 0.4) is 0 Å². The van der Waals surface area contributed by atoms with Crippen LogP contribution in [0.4, 0.5) is 4.39 Å². The topological polar surface area (TPSA) is 687 Å². The summed E-state index contributed by atoms with van der Waals surface area (Å²) in [5.74, 6) is -25.8. The number of amides is 18. The number of carbonyl (C=O) groups is 21. The molecule has 18 amide bonds. The molecule has 138 heavy (non-hydrogen) atoms. The third-order valence-corrected chi connectivity index (χ3v) is 24.2. The van der Waals surface area contributed by atoms with Crippen molar-refractivity contribution in [3.05, 3.63) is 108 Å². The van der Waals surface area contributed by atoms with E-state index >= 15 is 33.6 Å². The molecule has 3 saturated heterocycles. The van der Waals surface area contributed by atoms with Crippen molar-refractivity contribution in [2.75, 3.05) is 53.9 Å². The molecule has 2 aromatic heterocycles. The van der Waals surface area contributed by atoms with Gasteiger partial charge in [-0.2, -0.15) is 0 Å². The fourth-order valence-electron chi connectivity index (χ4n) is 16.8. The van der Waals surface area contributed by atoms with Gasteiger partial charge in [0.1, 0.15) is 96.9 Å². The average Bonchev–Trinajstić information content (AvgIpc) is 1.63. The summed E-state index contributed by atoms with van der Waals surface area (Å²) in [4.78, 5) is 308. The highest BCUT2D eigenvalue weighted by Crippen LogP contribution is 2.29. The van der Waals surface area contributed by atoms with Crippen LogP contribution in [0, 0.1) is 11.7 Å². The Morgan fingerprint density at radius 1 is 0.514 bits per heavy atom. The Balaban J connectivity index is 1.23. The summed E-state index contributed by atoms with van der Waals surface area (Å²) in [7, 11) is 3.65. The van der Waals surface area contributed by atoms with Gasteiger partial charge in [0.2, 0.25) is 106 Å². The molecule has 5 aromatic rings. The highest BCUT2D eigenvalue weighted by molar-refractivity contribution is 6.03. The number of nitrogens with two attached hydrogens (primary N) is 3. The molecule has 0 spiro atoms. The minimum Gasteiger partial charge on any atom is -0.481 e. The lowest BCUT2D eigenvalue weighted by molar-refractivity contribution is -0.149. The van der Waals surface area contributed by atoms with E-state index in [0.717, 1.165) is 38.8 Å². The highest BCUT2D eigenvalue weighted by atomic mass is 19.1. The van der Waals surface area contributed by atoms with Crippen molar-refractivity contribution in [3.8, 4) is 0 Å². The van der Waals surface area contributed by atoms with E-state index in [1.807, 2.05) is 0 Å². The standard InChI is InChI=1S/C91H124FN21O25/c1-9-11-21-67-84(131)102-58(32-47(3)4)81(128)107-65(79(126)98-42-73(95)117)41-96-43-74(118)99-61(33-49-25-27-52(92)28-26-49)87(134)108(6)48(5)78(125)104-63(38-75(119)120)89(136)112-31-17-24-68(112)85(132)100-57(29-30-71(93)115)80(127)106-64(39-76(121)122)90(137)113-45-53(114)36-70(113)86(133)103-59(34-50-40-97-56-20-15-13-18-54(50)56)82(129)101-60(37-72(94)116)83(130)105-62(88(135)110(8)69(22-12-10-2)91(138)109(67)7)35-51-44-111(46-77(123)124)66-23-16-14-19-55(51)66/h13-16,18-20,23,25-28,40,44,47-48,53,57-65,67-70,96-97,114H,9-12,17,21-22,24,29-39,41-43,45-46H2,1-8H3,(H2,93,115)(H2,94,116)(H2,95,117)(H,98,126)(H,99,118)(H,100,132)(H,101,129)(H,102,131)(H,103,133)(H,104,125)(H,105,130)(H,106,127)(H,107,128)(H,119,120)(H,121,122)(H,123,124)/t48-,53+,57-,58-,59-,60-,61-,62-,63-,64-,65-,67-,68-,69-,70-/m0/s1. The number of carboxylic acids is 3. The number of aromatic nitrogens is 2. The second kappa shape index (κ2) is 50.9. The van der Waals surface area contributed by atoms with Crippen molar-refractivity contribution in [2.45, 2.75) is 247 Å². The minimum atomic E-state index is -2.20. The van der Waals surface area contributed by atoms with Gasteiger partial charge in [-0.3, -0.25) is 101 Å². The van der Waals surface area contributed by atoms with Gasteiger partial charge in [0.25, 0.3) is 0 Å². The summed E-state index contributed by atoms with van der Waals surface area (Å²) in [5.41, 5.74) is 18.5. The molecule has 0 aliphatic carbocycles. The molecule has 8 rings (SSSR count). The van der Waals surface area contributed by atoms with E-state index in [-0.39, 0.29) is 62.6 Å². The smallest absolute Gasteiger partial charge is 0.323 e. The molecule has 0 saturated carbocycles. The Morgan fingerprint density at radius 3 is 1.67 bits per heavy atom. The number of primary amides is 3. The van der Waals surface area contributed by atoms with E-state index in [2.05, 4.69) is 63.5 Å². The molecule has 750 valence electrons. The first-order chi connectivity index (χ1) is 65.3. The maximum absolute atomic E-state index is 15.9. The number of nitrogens with zero attached hydrogens (tertiary/aromatic N) is 6. The van der Waals surface area contributed by atoms with Crippen molar-refractivity contribution in [1.29, 1.82) is 0 Å². The zero-order chi connectivity index (χ0) is 102. The monoisotopic (exact) mass is 1930 g/mol. The molecule has 3 aliphatic heterocycles. The number of aliphatic hydroxyl groups excluding tert-OH is 1. The van der Waals surface area contributed by atoms with Crippen molar-refractivity contribution < 1.29 is 126 Å². The molecular weight excluding hydrogens is 1810 g/mol. The van der Waals surface area contributed by atoms with Gasteiger partial charge in [0, 0.05) is 107 Å². The molecule has 47 heteroatoms. The van der Waals surface area contributed by atoms with Crippen LogP contribution >= 0.6 is 0 Å². The van der Waals surface area contributed by atoms with Crippen molar-refractivity contribution in [3.63, 3.8) is 0 Å². The lowest BCUT2D eigenvalue weighted by Gasteiger charge is -2.36. The molecule has 3 aromatic carbocycles. The molecule has 3 aliphatic rings. The van der Waals surface area contributed by atoms with Crippen LogP contribution in [0.15, 0.2) is 85.2 Å². The number of carbonyl (C=O) groups excluding carboxylic acids is 18. The summed E-state index contributed by atoms with van der Waals surface area (Å²) in [5, 5.41) is 70.4. The number of H-pyrrole nitrogens is 1. The number of fused-ring (bicyclic) bond motifs is 4. The first-order valence-electron chi connectivity index (χ1n) is 45.5. The van der Waals surface area contributed by atoms with Gasteiger partial charge < -0.3 is 130 Å². The second-order valence-corrected chi connectivity index (χ2v) is 35.1. The largest absolute Gasteiger partial charge is 0.481 e. The number of hydrogen-bond donors (Lipinski definition) is 19. The van der Waals surface area contributed by atoms with Gasteiger partial charge in [-0.15, -0.1) is 0 Å². The molecule has 3 fully saturated rings. The van der Waals surface area contributed by atoms with Crippen molar-refractivity contribution >= 4 is 146 Å². The van der Waals surface area contributed by atoms with Crippen LogP contribution in [0.1, 0.15) is 148 Å². The van der Waals surface area contributed by atoms with Gasteiger partial charge in [0.15, 0.2) is 0 Å². The van der Waals surface area contributed by atoms with E-state index in [9.17, 15) is 91.9 Å². The lowest BCUT2D eigenvalue weighted by Crippen LogP contribution is -2.61. The Bertz CT molecular complexity index is 5340. The maximum atomic E-state index is 15.9. The van der Waals surface area contributed by atoms with E-state index < -0.39 is 317 Å². The van der Waals surface area contributed by atoms with Crippen LogP contribution in [-0.4, -0.2) is 323 Å². The summed E-state index contributed by atoms with van der Waals surface area (Å²) in [6.07, 6.45) is -4.63. The fraction of sp³-hybridized carbons (Fsp3) is 0.527. The van der Waals surface area contributed by atoms with Crippen molar-refractivity contribution in [1.82, 2.24) is 92.5 Å². The minimum absolute atomic E-state index is 0.0243. The first kappa shape index (κ1) is 109. The third-order valence-electron chi connectivity index (χ3n) is 24.2. The van der Waals surface area contributed by atoms with Crippen LogP contribution in [-0.2, 0) is 126 Å². The number of carboxylic acid groups (broad SMARTS) is 3. The highest BCUT2D eigenvalue weighted by Gasteiger charge is 2.47. The fourth-order valence-corrected chi connectivity index (χ4v) is 16.8. The first-order valence-corrected chi connectivity index (χ1v) is 45.5. The van der Waals surface area contributed by atoms with E-state index in [1.165, 1.54) is 50.1 Å². The number of para-hydroxylation sites is 2. The molecule has 15 atom stereocenters. The number of unbranched alkanes of at least 4 members (excludes halogenated alkanes) is 2. The Labute approximate surface area is 792 Å². The zero-order valence-electron chi connectivity index (χ0n) is 77.9. The molecular formula is C91H124FN21O25. The second-order valence-electron chi connectivity index (χ2n) is 35.1. The molecule has 0 bridgehead atoms. The van der Waals surface area contributed by atoms with Crippen LogP contribution in [0.5, 0.6) is 0 Å². The van der Waals surface area contributed by atoms with Crippen LogP contribution in [0.2, 0.25) is 0 Å². The normalized spacial score (nSPS) is 24.4. The number of hydrogen-bond acceptors (Lipinski definition) is 23. The molecule has 46 nitrogen and oxygen atoms in total. The quantitative estimate of drug-likeness (QED) is 0.0226. The lowest BCUT2D eigenvalue weighted by atomic mass is 9.99. The number of benzene rings is 3. The van der Waals surface area contributed by atoms with Gasteiger partial charge in [-0.1, -0.05) is 102 Å². The van der Waals surface area contributed by atoms with Gasteiger partial charge in [-0.25, -0.2) is 4.39 Å². The van der Waals surface area contributed by atoms with Crippen molar-refractivity contribution in [2.24, 2.45) is 23.1 Å².